The molecule has 1 aliphatic heterocycles. The number of unbranched alkanes of at least 4 members (excludes halogenated alkanes) is 1. The van der Waals surface area contributed by atoms with Crippen LogP contribution in [0.15, 0.2) is 16.6 Å². The highest BCUT2D eigenvalue weighted by Crippen LogP contribution is 2.34. The van der Waals surface area contributed by atoms with Gasteiger partial charge in [-0.1, -0.05) is 42.6 Å². The van der Waals surface area contributed by atoms with Crippen molar-refractivity contribution in [3.63, 3.8) is 0 Å². The van der Waals surface area contributed by atoms with E-state index < -0.39 is 0 Å². The Morgan fingerprint density at radius 3 is 3.00 bits per heavy atom. The largest absolute Gasteiger partial charge is 0.492 e. The Bertz CT molecular complexity index is 454. The molecule has 98 valence electrons. The van der Waals surface area contributed by atoms with Crippen molar-refractivity contribution in [1.82, 2.24) is 0 Å². The third-order valence-electron chi connectivity index (χ3n) is 3.45. The average molecular weight is 311 g/mol. The lowest BCUT2D eigenvalue weighted by Gasteiger charge is -2.13. The van der Waals surface area contributed by atoms with Gasteiger partial charge in [0.2, 0.25) is 0 Å². The van der Waals surface area contributed by atoms with Crippen LogP contribution < -0.4 is 4.74 Å². The summed E-state index contributed by atoms with van der Waals surface area (Å²) in [6, 6.07) is 3.95. The molecule has 1 atom stereocenters. The van der Waals surface area contributed by atoms with Gasteiger partial charge in [-0.25, -0.2) is 0 Å². The molecule has 3 heteroatoms. The normalized spacial score (nSPS) is 15.1. The minimum atomic E-state index is 0.0764. The molecule has 0 saturated heterocycles. The minimum absolute atomic E-state index is 0.0764. The van der Waals surface area contributed by atoms with Gasteiger partial charge in [0, 0.05) is 16.8 Å². The van der Waals surface area contributed by atoms with Crippen molar-refractivity contribution in [2.75, 3.05) is 6.61 Å². The van der Waals surface area contributed by atoms with Gasteiger partial charge >= 0.3 is 0 Å². The number of ketones is 1. The zero-order valence-corrected chi connectivity index (χ0v) is 12.5. The number of fused-ring (bicyclic) bond motifs is 1. The van der Waals surface area contributed by atoms with Gasteiger partial charge < -0.3 is 4.74 Å². The van der Waals surface area contributed by atoms with Crippen LogP contribution in [-0.2, 0) is 6.42 Å². The molecule has 1 aromatic carbocycles. The highest BCUT2D eigenvalue weighted by atomic mass is 79.9. The first kappa shape index (κ1) is 13.6. The van der Waals surface area contributed by atoms with Gasteiger partial charge in [0.05, 0.1) is 12.2 Å². The molecule has 0 fully saturated rings. The quantitative estimate of drug-likeness (QED) is 0.754. The number of halogens is 1. The van der Waals surface area contributed by atoms with Crippen LogP contribution >= 0.6 is 15.9 Å². The summed E-state index contributed by atoms with van der Waals surface area (Å²) in [6.07, 6.45) is 4.09. The third kappa shape index (κ3) is 2.77. The Balaban J connectivity index is 2.25. The molecule has 0 amide bonds. The zero-order chi connectivity index (χ0) is 13.1. The summed E-state index contributed by atoms with van der Waals surface area (Å²) in [5, 5.41) is 0. The van der Waals surface area contributed by atoms with Crippen molar-refractivity contribution in [3.8, 4) is 5.75 Å². The molecule has 0 bridgehead atoms. The first-order valence-corrected chi connectivity index (χ1v) is 7.42. The van der Waals surface area contributed by atoms with Crippen LogP contribution in [0.1, 0.15) is 49.0 Å². The van der Waals surface area contributed by atoms with E-state index in [0.717, 1.165) is 47.0 Å². The minimum Gasteiger partial charge on any atom is -0.492 e. The molecule has 18 heavy (non-hydrogen) atoms. The number of carbonyl (C=O) groups is 1. The molecule has 0 aromatic heterocycles. The van der Waals surface area contributed by atoms with E-state index in [0.29, 0.717) is 6.61 Å². The molecule has 0 aliphatic carbocycles. The van der Waals surface area contributed by atoms with Gasteiger partial charge in [-0.05, 0) is 24.1 Å². The molecule has 0 spiro atoms. The summed E-state index contributed by atoms with van der Waals surface area (Å²) in [5.74, 6) is 1.10. The van der Waals surface area contributed by atoms with E-state index in [1.807, 2.05) is 13.0 Å². The van der Waals surface area contributed by atoms with Crippen LogP contribution in [0.25, 0.3) is 0 Å². The van der Waals surface area contributed by atoms with Gasteiger partial charge in [0.15, 0.2) is 5.78 Å². The van der Waals surface area contributed by atoms with Gasteiger partial charge in [-0.2, -0.15) is 0 Å². The van der Waals surface area contributed by atoms with Crippen molar-refractivity contribution in [3.05, 3.63) is 27.7 Å². The van der Waals surface area contributed by atoms with Crippen molar-refractivity contribution < 1.29 is 9.53 Å². The Labute approximate surface area is 117 Å². The number of hydrogen-bond acceptors (Lipinski definition) is 2. The predicted molar refractivity (Wildman–Crippen MR) is 76.4 cm³/mol. The van der Waals surface area contributed by atoms with Gasteiger partial charge in [-0.3, -0.25) is 4.79 Å². The van der Waals surface area contributed by atoms with E-state index in [4.69, 9.17) is 4.74 Å². The molecule has 1 aromatic rings. The maximum atomic E-state index is 12.5. The number of carbonyl (C=O) groups excluding carboxylic acids is 1. The Morgan fingerprint density at radius 2 is 2.28 bits per heavy atom. The lowest BCUT2D eigenvalue weighted by Crippen LogP contribution is -2.12. The van der Waals surface area contributed by atoms with Gasteiger partial charge in [0.25, 0.3) is 0 Å². The Morgan fingerprint density at radius 1 is 1.50 bits per heavy atom. The molecule has 2 rings (SSSR count). The van der Waals surface area contributed by atoms with Crippen LogP contribution in [0.2, 0.25) is 0 Å². The maximum absolute atomic E-state index is 12.5. The molecule has 0 N–H and O–H groups in total. The van der Waals surface area contributed by atoms with Crippen molar-refractivity contribution in [2.24, 2.45) is 5.92 Å². The van der Waals surface area contributed by atoms with E-state index in [9.17, 15) is 4.79 Å². The highest BCUT2D eigenvalue weighted by Gasteiger charge is 2.24. The lowest BCUT2D eigenvalue weighted by atomic mass is 9.93. The molecule has 1 unspecified atom stereocenters. The fraction of sp³-hybridized carbons (Fsp3) is 0.533. The first-order valence-electron chi connectivity index (χ1n) is 6.63. The van der Waals surface area contributed by atoms with Crippen LogP contribution in [-0.4, -0.2) is 12.4 Å². The molecule has 1 heterocycles. The third-order valence-corrected chi connectivity index (χ3v) is 3.91. The number of rotatable bonds is 5. The van der Waals surface area contributed by atoms with E-state index >= 15 is 0 Å². The Kier molecular flexibility index (Phi) is 4.44. The number of Topliss-reactive ketones (excluding diaryl/α,β-unsaturated/α-hetero) is 1. The summed E-state index contributed by atoms with van der Waals surface area (Å²) in [5.41, 5.74) is 1.90. The average Bonchev–Trinajstić information content (AvgIpc) is 2.81. The fourth-order valence-electron chi connectivity index (χ4n) is 2.36. The first-order chi connectivity index (χ1) is 8.63. The second-order valence-electron chi connectivity index (χ2n) is 4.95. The van der Waals surface area contributed by atoms with Crippen molar-refractivity contribution >= 4 is 21.7 Å². The summed E-state index contributed by atoms with van der Waals surface area (Å²) < 4.78 is 6.59. The van der Waals surface area contributed by atoms with E-state index in [1.54, 1.807) is 0 Å². The van der Waals surface area contributed by atoms with Gasteiger partial charge in [0.1, 0.15) is 5.75 Å². The lowest BCUT2D eigenvalue weighted by molar-refractivity contribution is 0.0919. The molecular formula is C15H19BrO2. The molecular weight excluding hydrogens is 292 g/mol. The van der Waals surface area contributed by atoms with Crippen molar-refractivity contribution in [2.45, 2.75) is 39.5 Å². The van der Waals surface area contributed by atoms with Crippen LogP contribution in [0.3, 0.4) is 0 Å². The molecule has 1 aliphatic rings. The monoisotopic (exact) mass is 310 g/mol. The smallest absolute Gasteiger partial charge is 0.169 e. The molecule has 0 saturated carbocycles. The Hall–Kier alpha value is -0.830. The summed E-state index contributed by atoms with van der Waals surface area (Å²) >= 11 is 3.48. The van der Waals surface area contributed by atoms with Crippen molar-refractivity contribution in [1.29, 1.82) is 0 Å². The number of ether oxygens (including phenoxy) is 1. The second kappa shape index (κ2) is 5.87. The highest BCUT2D eigenvalue weighted by molar-refractivity contribution is 9.10. The molecule has 0 radical (unpaired) electrons. The van der Waals surface area contributed by atoms with Crippen LogP contribution in [0.4, 0.5) is 0 Å². The number of hydrogen-bond donors (Lipinski definition) is 0. The molecule has 2 nitrogen and oxygen atoms in total. The SMILES string of the molecule is CCCCC(C)C(=O)c1cc(Br)cc2c1OCC2. The van der Waals surface area contributed by atoms with Crippen LogP contribution in [0, 0.1) is 5.92 Å². The van der Waals surface area contributed by atoms with E-state index in [1.165, 1.54) is 0 Å². The van der Waals surface area contributed by atoms with Gasteiger partial charge in [-0.15, -0.1) is 0 Å². The fourth-order valence-corrected chi connectivity index (χ4v) is 2.86. The number of benzene rings is 1. The summed E-state index contributed by atoms with van der Waals surface area (Å²) in [4.78, 5) is 12.5. The summed E-state index contributed by atoms with van der Waals surface area (Å²) in [6.45, 7) is 4.85. The predicted octanol–water partition coefficient (Wildman–Crippen LogP) is 4.39. The van der Waals surface area contributed by atoms with E-state index in [2.05, 4.69) is 28.9 Å². The second-order valence-corrected chi connectivity index (χ2v) is 5.86. The van der Waals surface area contributed by atoms with E-state index in [-0.39, 0.29) is 11.7 Å². The zero-order valence-electron chi connectivity index (χ0n) is 11.0. The maximum Gasteiger partial charge on any atom is 0.169 e. The summed E-state index contributed by atoms with van der Waals surface area (Å²) in [7, 11) is 0. The standard InChI is InChI=1S/C15H19BrO2/c1-3-4-5-10(2)14(17)13-9-12(16)8-11-6-7-18-15(11)13/h8-10H,3-7H2,1-2H3. The topological polar surface area (TPSA) is 26.3 Å². The van der Waals surface area contributed by atoms with Crippen LogP contribution in [0.5, 0.6) is 5.75 Å².